The second-order valence-corrected chi connectivity index (χ2v) is 8.20. The number of pyridine rings is 1. The molecule has 9 heteroatoms. The normalized spacial score (nSPS) is 18.0. The Balaban J connectivity index is 1.72. The van der Waals surface area contributed by atoms with Gasteiger partial charge in [-0.25, -0.2) is 4.39 Å². The molecule has 0 aliphatic carbocycles. The van der Waals surface area contributed by atoms with Gasteiger partial charge in [0.25, 0.3) is 0 Å². The fourth-order valence-electron chi connectivity index (χ4n) is 3.97. The van der Waals surface area contributed by atoms with Crippen LogP contribution < -0.4 is 5.32 Å². The van der Waals surface area contributed by atoms with Crippen LogP contribution in [0.4, 0.5) is 4.39 Å². The lowest BCUT2D eigenvalue weighted by Crippen LogP contribution is -2.31. The first-order valence-corrected chi connectivity index (χ1v) is 11.0. The topological polar surface area (TPSA) is 59.4 Å². The second-order valence-electron chi connectivity index (χ2n) is 7.40. The molecule has 1 N–H and O–H groups in total. The SMILES string of the molecule is COC(=O)CCCN1C(=S)N[C@H](c2ccccn2)[C@@H]1c1cccn1-c1ccc(F)c(Cl)c1. The van der Waals surface area contributed by atoms with Gasteiger partial charge in [-0.3, -0.25) is 9.78 Å². The van der Waals surface area contributed by atoms with Gasteiger partial charge < -0.3 is 19.5 Å². The molecular formula is C23H22ClFN4O2S. The maximum Gasteiger partial charge on any atom is 0.305 e. The Morgan fingerprint density at radius 1 is 1.28 bits per heavy atom. The Morgan fingerprint density at radius 3 is 2.84 bits per heavy atom. The third kappa shape index (κ3) is 4.47. The van der Waals surface area contributed by atoms with E-state index in [0.717, 1.165) is 17.1 Å². The molecule has 0 unspecified atom stereocenters. The van der Waals surface area contributed by atoms with E-state index in [1.165, 1.54) is 13.2 Å². The minimum atomic E-state index is -0.469. The molecule has 0 saturated carbocycles. The maximum atomic E-state index is 13.7. The number of methoxy groups -OCH3 is 1. The number of hydrogen-bond donors (Lipinski definition) is 1. The Labute approximate surface area is 196 Å². The Hall–Kier alpha value is -2.97. The van der Waals surface area contributed by atoms with Crippen molar-refractivity contribution < 1.29 is 13.9 Å². The molecule has 4 rings (SSSR count). The number of hydrogen-bond acceptors (Lipinski definition) is 4. The number of benzene rings is 1. The van der Waals surface area contributed by atoms with E-state index in [4.69, 9.17) is 28.6 Å². The first kappa shape index (κ1) is 22.2. The fourth-order valence-corrected chi connectivity index (χ4v) is 4.48. The van der Waals surface area contributed by atoms with Crippen molar-refractivity contribution in [2.24, 2.45) is 0 Å². The number of esters is 1. The minimum Gasteiger partial charge on any atom is -0.469 e. The first-order valence-electron chi connectivity index (χ1n) is 10.2. The molecule has 3 aromatic rings. The Kier molecular flexibility index (Phi) is 6.72. The highest BCUT2D eigenvalue weighted by Gasteiger charge is 2.41. The first-order chi connectivity index (χ1) is 15.5. The van der Waals surface area contributed by atoms with Gasteiger partial charge in [0.05, 0.1) is 29.9 Å². The maximum absolute atomic E-state index is 13.7. The molecular weight excluding hydrogens is 451 g/mol. The zero-order valence-corrected chi connectivity index (χ0v) is 18.9. The molecule has 1 fully saturated rings. The standard InChI is InChI=1S/C23H22ClFN4O2S/c1-31-20(30)8-5-13-29-22(21(27-23(29)32)18-6-2-3-11-26-18)19-7-4-12-28(19)15-9-10-17(25)16(24)14-15/h2-4,6-7,9-12,14,21-22H,5,8,13H2,1H3,(H,27,32)/t21-,22+/m1/s1. The van der Waals surface area contributed by atoms with Gasteiger partial charge in [-0.1, -0.05) is 17.7 Å². The minimum absolute atomic E-state index is 0.0541. The van der Waals surface area contributed by atoms with Crippen LogP contribution in [0.2, 0.25) is 5.02 Å². The van der Waals surface area contributed by atoms with Gasteiger partial charge in [0.2, 0.25) is 0 Å². The fraction of sp³-hybridized carbons (Fsp3) is 0.261. The van der Waals surface area contributed by atoms with Gasteiger partial charge in [0.15, 0.2) is 5.11 Å². The summed E-state index contributed by atoms with van der Waals surface area (Å²) in [5.41, 5.74) is 2.53. The summed E-state index contributed by atoms with van der Waals surface area (Å²) in [5, 5.41) is 4.03. The zero-order chi connectivity index (χ0) is 22.7. The summed E-state index contributed by atoms with van der Waals surface area (Å²) in [7, 11) is 1.38. The quantitative estimate of drug-likeness (QED) is 0.401. The molecule has 1 aliphatic heterocycles. The number of rotatable bonds is 7. The highest BCUT2D eigenvalue weighted by Crippen LogP contribution is 2.39. The number of carbonyl (C=O) groups is 1. The van der Waals surface area contributed by atoms with E-state index in [-0.39, 0.29) is 23.1 Å². The van der Waals surface area contributed by atoms with E-state index in [2.05, 4.69) is 15.2 Å². The summed E-state index contributed by atoms with van der Waals surface area (Å²) in [6.07, 6.45) is 4.53. The van der Waals surface area contributed by atoms with Crippen molar-refractivity contribution in [3.63, 3.8) is 0 Å². The monoisotopic (exact) mass is 472 g/mol. The molecule has 6 nitrogen and oxygen atoms in total. The van der Waals surface area contributed by atoms with Crippen molar-refractivity contribution >= 4 is 34.9 Å². The summed E-state index contributed by atoms with van der Waals surface area (Å²) in [5.74, 6) is -0.728. The van der Waals surface area contributed by atoms with Crippen LogP contribution in [0.1, 0.15) is 36.3 Å². The van der Waals surface area contributed by atoms with Gasteiger partial charge in [-0.2, -0.15) is 0 Å². The molecule has 1 saturated heterocycles. The largest absolute Gasteiger partial charge is 0.469 e. The van der Waals surface area contributed by atoms with Crippen molar-refractivity contribution in [2.45, 2.75) is 24.9 Å². The zero-order valence-electron chi connectivity index (χ0n) is 17.4. The van der Waals surface area contributed by atoms with Crippen molar-refractivity contribution in [1.29, 1.82) is 0 Å². The molecule has 0 amide bonds. The molecule has 166 valence electrons. The van der Waals surface area contributed by atoms with Crippen LogP contribution >= 0.6 is 23.8 Å². The lowest BCUT2D eigenvalue weighted by molar-refractivity contribution is -0.140. The summed E-state index contributed by atoms with van der Waals surface area (Å²) in [6.45, 7) is 0.560. The highest BCUT2D eigenvalue weighted by atomic mass is 35.5. The smallest absolute Gasteiger partial charge is 0.305 e. The molecule has 3 heterocycles. The number of carbonyl (C=O) groups excluding carboxylic acids is 1. The number of aromatic nitrogens is 2. The van der Waals surface area contributed by atoms with E-state index in [0.29, 0.717) is 24.5 Å². The van der Waals surface area contributed by atoms with Crippen LogP contribution in [0.25, 0.3) is 5.69 Å². The Bertz CT molecular complexity index is 1120. The van der Waals surface area contributed by atoms with E-state index in [1.807, 2.05) is 41.1 Å². The average Bonchev–Trinajstić information content (AvgIpc) is 3.40. The molecule has 0 radical (unpaired) electrons. The number of nitrogens with one attached hydrogen (secondary N) is 1. The number of nitrogens with zero attached hydrogens (tertiary/aromatic N) is 3. The summed E-state index contributed by atoms with van der Waals surface area (Å²) >= 11 is 11.7. The van der Waals surface area contributed by atoms with Gasteiger partial charge >= 0.3 is 5.97 Å². The molecule has 0 spiro atoms. The average molecular weight is 473 g/mol. The van der Waals surface area contributed by atoms with Gasteiger partial charge in [0, 0.05) is 36.7 Å². The predicted octanol–water partition coefficient (Wildman–Crippen LogP) is 4.59. The van der Waals surface area contributed by atoms with Crippen LogP contribution in [0.5, 0.6) is 0 Å². The molecule has 2 atom stereocenters. The van der Waals surface area contributed by atoms with E-state index < -0.39 is 5.82 Å². The van der Waals surface area contributed by atoms with Crippen LogP contribution in [0.15, 0.2) is 60.9 Å². The predicted molar refractivity (Wildman–Crippen MR) is 124 cm³/mol. The lowest BCUT2D eigenvalue weighted by Gasteiger charge is -2.29. The summed E-state index contributed by atoms with van der Waals surface area (Å²) < 4.78 is 20.5. The van der Waals surface area contributed by atoms with Crippen molar-refractivity contribution in [2.75, 3.05) is 13.7 Å². The van der Waals surface area contributed by atoms with Crippen LogP contribution in [-0.2, 0) is 9.53 Å². The van der Waals surface area contributed by atoms with E-state index in [1.54, 1.807) is 18.3 Å². The number of thiocarbonyl (C=S) groups is 1. The van der Waals surface area contributed by atoms with Gasteiger partial charge in [0.1, 0.15) is 5.82 Å². The van der Waals surface area contributed by atoms with Crippen molar-refractivity contribution in [3.05, 3.63) is 83.2 Å². The molecule has 1 aromatic carbocycles. The number of halogens is 2. The van der Waals surface area contributed by atoms with Crippen LogP contribution in [0, 0.1) is 5.82 Å². The van der Waals surface area contributed by atoms with E-state index in [9.17, 15) is 9.18 Å². The summed E-state index contributed by atoms with van der Waals surface area (Å²) in [4.78, 5) is 18.2. The molecule has 32 heavy (non-hydrogen) atoms. The van der Waals surface area contributed by atoms with E-state index >= 15 is 0 Å². The van der Waals surface area contributed by atoms with Crippen LogP contribution in [-0.4, -0.2) is 39.2 Å². The van der Waals surface area contributed by atoms with Crippen molar-refractivity contribution in [3.8, 4) is 5.69 Å². The molecule has 1 aliphatic rings. The summed E-state index contributed by atoms with van der Waals surface area (Å²) in [6, 6.07) is 13.9. The lowest BCUT2D eigenvalue weighted by atomic mass is 10.0. The third-order valence-corrected chi connectivity index (χ3v) is 6.11. The molecule has 0 bridgehead atoms. The van der Waals surface area contributed by atoms with Gasteiger partial charge in [-0.05, 0) is 61.1 Å². The number of ether oxygens (including phenoxy) is 1. The van der Waals surface area contributed by atoms with Gasteiger partial charge in [-0.15, -0.1) is 0 Å². The third-order valence-electron chi connectivity index (χ3n) is 5.47. The second kappa shape index (κ2) is 9.67. The molecule has 2 aromatic heterocycles. The van der Waals surface area contributed by atoms with Crippen molar-refractivity contribution in [1.82, 2.24) is 19.8 Å². The Morgan fingerprint density at radius 2 is 2.12 bits per heavy atom. The highest BCUT2D eigenvalue weighted by molar-refractivity contribution is 7.80. The van der Waals surface area contributed by atoms with Crippen LogP contribution in [0.3, 0.4) is 0 Å².